The van der Waals surface area contributed by atoms with Gasteiger partial charge in [0.05, 0.1) is 5.92 Å². The number of carbonyl (C=O) groups excluding carboxylic acids is 1. The summed E-state index contributed by atoms with van der Waals surface area (Å²) in [5, 5.41) is 2.98. The Morgan fingerprint density at radius 2 is 2.06 bits per heavy atom. The molecule has 3 N–H and O–H groups in total. The molecular formula is C14H22N2OS. The van der Waals surface area contributed by atoms with Gasteiger partial charge in [-0.3, -0.25) is 4.79 Å². The van der Waals surface area contributed by atoms with Crippen LogP contribution >= 0.6 is 11.8 Å². The highest BCUT2D eigenvalue weighted by atomic mass is 32.2. The monoisotopic (exact) mass is 266 g/mol. The van der Waals surface area contributed by atoms with Gasteiger partial charge >= 0.3 is 0 Å². The van der Waals surface area contributed by atoms with Crippen LogP contribution in [0, 0.1) is 5.92 Å². The molecule has 0 fully saturated rings. The summed E-state index contributed by atoms with van der Waals surface area (Å²) in [4.78, 5) is 12.1. The van der Waals surface area contributed by atoms with E-state index in [1.807, 2.05) is 30.3 Å². The van der Waals surface area contributed by atoms with Crippen molar-refractivity contribution in [1.82, 2.24) is 5.32 Å². The molecule has 1 aromatic rings. The molecule has 1 rings (SSSR count). The van der Waals surface area contributed by atoms with Gasteiger partial charge in [-0.25, -0.2) is 0 Å². The molecule has 18 heavy (non-hydrogen) atoms. The van der Waals surface area contributed by atoms with Gasteiger partial charge in [-0.15, -0.1) is 0 Å². The van der Waals surface area contributed by atoms with E-state index in [4.69, 9.17) is 5.73 Å². The second kappa shape index (κ2) is 8.16. The molecule has 0 aliphatic heterocycles. The Balaban J connectivity index is 2.53. The van der Waals surface area contributed by atoms with Crippen molar-refractivity contribution >= 4 is 17.7 Å². The van der Waals surface area contributed by atoms with Crippen molar-refractivity contribution in [3.8, 4) is 0 Å². The zero-order chi connectivity index (χ0) is 13.4. The highest BCUT2D eigenvalue weighted by Crippen LogP contribution is 2.14. The Bertz CT molecular complexity index is 356. The van der Waals surface area contributed by atoms with Crippen molar-refractivity contribution in [1.29, 1.82) is 0 Å². The molecule has 100 valence electrons. The maximum Gasteiger partial charge on any atom is 0.228 e. The van der Waals surface area contributed by atoms with Crippen LogP contribution in [0.5, 0.6) is 0 Å². The Labute approximate surface area is 114 Å². The first-order chi connectivity index (χ1) is 8.69. The number of amides is 1. The van der Waals surface area contributed by atoms with Crippen molar-refractivity contribution in [2.75, 3.05) is 25.1 Å². The van der Waals surface area contributed by atoms with Crippen molar-refractivity contribution in [3.05, 3.63) is 35.9 Å². The zero-order valence-electron chi connectivity index (χ0n) is 11.1. The van der Waals surface area contributed by atoms with Crippen LogP contribution in [0.15, 0.2) is 30.3 Å². The molecule has 1 aromatic carbocycles. The predicted molar refractivity (Wildman–Crippen MR) is 78.8 cm³/mol. The summed E-state index contributed by atoms with van der Waals surface area (Å²) < 4.78 is 0. The molecule has 0 aliphatic rings. The Kier molecular flexibility index (Phi) is 6.83. The first-order valence-corrected chi connectivity index (χ1v) is 7.60. The number of carbonyl (C=O) groups is 1. The maximum atomic E-state index is 12.1. The maximum absolute atomic E-state index is 12.1. The van der Waals surface area contributed by atoms with Crippen molar-refractivity contribution < 1.29 is 4.79 Å². The Morgan fingerprint density at radius 3 is 2.61 bits per heavy atom. The number of thioether (sulfide) groups is 1. The van der Waals surface area contributed by atoms with Crippen LogP contribution in [0.25, 0.3) is 0 Å². The number of hydrogen-bond donors (Lipinski definition) is 2. The van der Waals surface area contributed by atoms with Gasteiger partial charge < -0.3 is 11.1 Å². The van der Waals surface area contributed by atoms with E-state index in [-0.39, 0.29) is 11.8 Å². The molecule has 1 amide bonds. The van der Waals surface area contributed by atoms with E-state index < -0.39 is 0 Å². The predicted octanol–water partition coefficient (Wildman–Crippen LogP) is 1.84. The minimum atomic E-state index is -0.243. The minimum absolute atomic E-state index is 0.0247. The second-order valence-electron chi connectivity index (χ2n) is 4.50. The molecular weight excluding hydrogens is 244 g/mol. The molecule has 0 aliphatic carbocycles. The van der Waals surface area contributed by atoms with E-state index in [2.05, 4.69) is 18.5 Å². The largest absolute Gasteiger partial charge is 0.355 e. The molecule has 0 heterocycles. The van der Waals surface area contributed by atoms with Crippen LogP contribution < -0.4 is 11.1 Å². The van der Waals surface area contributed by atoms with Gasteiger partial charge in [-0.05, 0) is 23.5 Å². The van der Waals surface area contributed by atoms with Gasteiger partial charge in [0.25, 0.3) is 0 Å². The molecule has 0 radical (unpaired) electrons. The lowest BCUT2D eigenvalue weighted by atomic mass is 9.98. The van der Waals surface area contributed by atoms with Crippen LogP contribution in [0.2, 0.25) is 0 Å². The summed E-state index contributed by atoms with van der Waals surface area (Å²) in [6, 6.07) is 9.70. The lowest BCUT2D eigenvalue weighted by Gasteiger charge is -2.17. The summed E-state index contributed by atoms with van der Waals surface area (Å²) >= 11 is 1.80. The number of hydrogen-bond acceptors (Lipinski definition) is 3. The fourth-order valence-electron chi connectivity index (χ4n) is 1.82. The molecule has 0 saturated heterocycles. The molecule has 0 saturated carbocycles. The standard InChI is InChI=1S/C14H22N2OS/c1-11(10-18-2)9-16-14(17)13(8-15)12-6-4-3-5-7-12/h3-7,11,13H,8-10,15H2,1-2H3,(H,16,17). The molecule has 0 spiro atoms. The summed E-state index contributed by atoms with van der Waals surface area (Å²) in [5.74, 6) is 1.32. The third kappa shape index (κ3) is 4.70. The average Bonchev–Trinajstić information content (AvgIpc) is 2.39. The van der Waals surface area contributed by atoms with Crippen molar-refractivity contribution in [3.63, 3.8) is 0 Å². The van der Waals surface area contributed by atoms with E-state index >= 15 is 0 Å². The van der Waals surface area contributed by atoms with Gasteiger partial charge in [0.2, 0.25) is 5.91 Å². The first-order valence-electron chi connectivity index (χ1n) is 6.20. The van der Waals surface area contributed by atoms with Gasteiger partial charge in [0.1, 0.15) is 0 Å². The summed E-state index contributed by atoms with van der Waals surface area (Å²) in [6.07, 6.45) is 2.07. The average molecular weight is 266 g/mol. The smallest absolute Gasteiger partial charge is 0.228 e. The highest BCUT2D eigenvalue weighted by Gasteiger charge is 2.18. The fraction of sp³-hybridized carbons (Fsp3) is 0.500. The molecule has 0 aromatic heterocycles. The van der Waals surface area contributed by atoms with Crippen LogP contribution in [-0.4, -0.2) is 31.0 Å². The van der Waals surface area contributed by atoms with Gasteiger partial charge in [0.15, 0.2) is 0 Å². The van der Waals surface area contributed by atoms with Crippen LogP contribution in [0.1, 0.15) is 18.4 Å². The number of nitrogens with two attached hydrogens (primary N) is 1. The van der Waals surface area contributed by atoms with E-state index in [9.17, 15) is 4.79 Å². The molecule has 4 heteroatoms. The van der Waals surface area contributed by atoms with E-state index in [0.717, 1.165) is 11.3 Å². The van der Waals surface area contributed by atoms with Crippen LogP contribution in [-0.2, 0) is 4.79 Å². The van der Waals surface area contributed by atoms with Gasteiger partial charge in [-0.1, -0.05) is 37.3 Å². The van der Waals surface area contributed by atoms with E-state index in [1.165, 1.54) is 0 Å². The third-order valence-electron chi connectivity index (χ3n) is 2.83. The van der Waals surface area contributed by atoms with E-state index in [0.29, 0.717) is 19.0 Å². The summed E-state index contributed by atoms with van der Waals surface area (Å²) in [5.41, 5.74) is 6.69. The fourth-order valence-corrected chi connectivity index (χ4v) is 2.51. The number of nitrogens with one attached hydrogen (secondary N) is 1. The minimum Gasteiger partial charge on any atom is -0.355 e. The van der Waals surface area contributed by atoms with E-state index in [1.54, 1.807) is 11.8 Å². The topological polar surface area (TPSA) is 55.1 Å². The van der Waals surface area contributed by atoms with Gasteiger partial charge in [-0.2, -0.15) is 11.8 Å². The van der Waals surface area contributed by atoms with Crippen LogP contribution in [0.4, 0.5) is 0 Å². The Hall–Kier alpha value is -1.00. The van der Waals surface area contributed by atoms with Crippen molar-refractivity contribution in [2.24, 2.45) is 11.7 Å². The summed E-state index contributed by atoms with van der Waals surface area (Å²) in [7, 11) is 0. The lowest BCUT2D eigenvalue weighted by molar-refractivity contribution is -0.122. The highest BCUT2D eigenvalue weighted by molar-refractivity contribution is 7.98. The van der Waals surface area contributed by atoms with Crippen molar-refractivity contribution in [2.45, 2.75) is 12.8 Å². The Morgan fingerprint density at radius 1 is 1.39 bits per heavy atom. The van der Waals surface area contributed by atoms with Crippen LogP contribution in [0.3, 0.4) is 0 Å². The number of benzene rings is 1. The molecule has 0 bridgehead atoms. The molecule has 3 nitrogen and oxygen atoms in total. The quantitative estimate of drug-likeness (QED) is 0.792. The molecule has 2 unspecified atom stereocenters. The SMILES string of the molecule is CSCC(C)CNC(=O)C(CN)c1ccccc1. The van der Waals surface area contributed by atoms with Gasteiger partial charge in [0, 0.05) is 13.1 Å². The molecule has 2 atom stereocenters. The lowest BCUT2D eigenvalue weighted by Crippen LogP contribution is -2.36. The second-order valence-corrected chi connectivity index (χ2v) is 5.42. The summed E-state index contributed by atoms with van der Waals surface area (Å²) in [6.45, 7) is 3.19. The normalized spacial score (nSPS) is 13.9. The number of rotatable bonds is 7. The zero-order valence-corrected chi connectivity index (χ0v) is 11.9. The third-order valence-corrected chi connectivity index (χ3v) is 3.73. The first kappa shape index (κ1) is 15.1.